The second-order valence-corrected chi connectivity index (χ2v) is 7.81. The van der Waals surface area contributed by atoms with Crippen molar-refractivity contribution in [1.29, 1.82) is 0 Å². The largest absolute Gasteiger partial charge is 0.0616 e. The van der Waals surface area contributed by atoms with E-state index in [-0.39, 0.29) is 0 Å². The van der Waals surface area contributed by atoms with Gasteiger partial charge in [-0.3, -0.25) is 0 Å². The number of hydrogen-bond acceptors (Lipinski definition) is 0. The molecule has 2 aliphatic carbocycles. The minimum Gasteiger partial charge on any atom is -0.0616 e. The molecule has 0 N–H and O–H groups in total. The molecule has 0 heteroatoms. The van der Waals surface area contributed by atoms with Gasteiger partial charge in [-0.25, -0.2) is 0 Å². The minimum atomic E-state index is 0.528. The summed E-state index contributed by atoms with van der Waals surface area (Å²) < 4.78 is 0. The zero-order valence-corrected chi connectivity index (χ0v) is 15.4. The van der Waals surface area contributed by atoms with Crippen molar-refractivity contribution in [2.75, 3.05) is 0 Å². The van der Waals surface area contributed by atoms with Crippen LogP contribution in [0.15, 0.2) is 84.9 Å². The van der Waals surface area contributed by atoms with Gasteiger partial charge in [-0.05, 0) is 67.6 Å². The summed E-state index contributed by atoms with van der Waals surface area (Å²) in [5, 5.41) is 2.73. The van der Waals surface area contributed by atoms with Gasteiger partial charge in [0.05, 0.1) is 0 Å². The monoisotopic (exact) mass is 344 g/mol. The predicted molar refractivity (Wildman–Crippen MR) is 115 cm³/mol. The van der Waals surface area contributed by atoms with Crippen molar-refractivity contribution in [2.45, 2.75) is 13.3 Å². The average Bonchev–Trinajstić information content (AvgIpc) is 3.22. The Labute approximate surface area is 159 Å². The quantitative estimate of drug-likeness (QED) is 0.284. The molecule has 4 aromatic rings. The van der Waals surface area contributed by atoms with Crippen molar-refractivity contribution in [3.8, 4) is 11.1 Å². The molecule has 0 bridgehead atoms. The maximum absolute atomic E-state index is 2.39. The Balaban J connectivity index is 1.78. The van der Waals surface area contributed by atoms with Gasteiger partial charge in [0.15, 0.2) is 0 Å². The summed E-state index contributed by atoms with van der Waals surface area (Å²) >= 11 is 0. The van der Waals surface area contributed by atoms with Crippen LogP contribution in [0.4, 0.5) is 0 Å². The van der Waals surface area contributed by atoms with Gasteiger partial charge < -0.3 is 0 Å². The molecule has 128 valence electrons. The molecule has 0 saturated carbocycles. The van der Waals surface area contributed by atoms with Crippen molar-refractivity contribution in [3.05, 3.63) is 107 Å². The van der Waals surface area contributed by atoms with E-state index < -0.39 is 0 Å². The third-order valence-electron chi connectivity index (χ3n) is 6.26. The summed E-state index contributed by atoms with van der Waals surface area (Å²) in [5.74, 6) is 0.528. The van der Waals surface area contributed by atoms with Gasteiger partial charge >= 0.3 is 0 Å². The number of benzene rings is 4. The number of fused-ring (bicyclic) bond motifs is 6. The Kier molecular flexibility index (Phi) is 3.02. The average molecular weight is 344 g/mol. The summed E-state index contributed by atoms with van der Waals surface area (Å²) in [5.41, 5.74) is 11.5. The summed E-state index contributed by atoms with van der Waals surface area (Å²) in [6, 6.07) is 31.3. The van der Waals surface area contributed by atoms with Gasteiger partial charge in [0.1, 0.15) is 0 Å². The normalized spacial score (nSPS) is 17.1. The zero-order valence-electron chi connectivity index (χ0n) is 15.4. The van der Waals surface area contributed by atoms with Crippen LogP contribution in [0.2, 0.25) is 0 Å². The highest BCUT2D eigenvalue weighted by molar-refractivity contribution is 6.14. The van der Waals surface area contributed by atoms with Crippen molar-refractivity contribution >= 4 is 21.9 Å². The van der Waals surface area contributed by atoms with Crippen LogP contribution >= 0.6 is 0 Å². The Morgan fingerprint density at radius 1 is 0.630 bits per heavy atom. The highest BCUT2D eigenvalue weighted by Gasteiger charge is 2.33. The molecule has 0 radical (unpaired) electrons. The molecule has 0 aromatic heterocycles. The molecule has 0 unspecified atom stereocenters. The molecule has 0 spiro atoms. The highest BCUT2D eigenvalue weighted by atomic mass is 14.4. The lowest BCUT2D eigenvalue weighted by Crippen LogP contribution is -1.96. The Bertz CT molecular complexity index is 1210. The molecule has 0 aliphatic heterocycles. The smallest absolute Gasteiger partial charge is 0.00577 e. The molecule has 0 nitrogen and oxygen atoms in total. The van der Waals surface area contributed by atoms with E-state index in [1.165, 1.54) is 55.3 Å². The van der Waals surface area contributed by atoms with Crippen LogP contribution in [0, 0.1) is 5.92 Å². The fraction of sp³-hybridized carbons (Fsp3) is 0.111. The van der Waals surface area contributed by atoms with E-state index in [1.807, 2.05) is 0 Å². The predicted octanol–water partition coefficient (Wildman–Crippen LogP) is 6.97. The van der Waals surface area contributed by atoms with E-state index in [9.17, 15) is 0 Å². The molecule has 4 aromatic carbocycles. The molecule has 2 aliphatic rings. The van der Waals surface area contributed by atoms with E-state index in [1.54, 1.807) is 0 Å². The maximum atomic E-state index is 2.39. The summed E-state index contributed by atoms with van der Waals surface area (Å²) in [6.45, 7) is 2.39. The molecule has 0 fully saturated rings. The lowest BCUT2D eigenvalue weighted by atomic mass is 9.88. The number of allylic oxidation sites excluding steroid dienone is 1. The molecule has 27 heavy (non-hydrogen) atoms. The number of rotatable bonds is 0. The SMILES string of the molecule is C[C@H]1Cc2ccc3ccccc3c2C1=C1c2ccccc2-c2ccccc21. The van der Waals surface area contributed by atoms with Gasteiger partial charge in [0, 0.05) is 0 Å². The zero-order chi connectivity index (χ0) is 18.0. The van der Waals surface area contributed by atoms with Crippen LogP contribution in [0.25, 0.3) is 33.0 Å². The molecule has 0 amide bonds. The first-order valence-electron chi connectivity index (χ1n) is 9.77. The standard InChI is InChI=1S/C27H20/c1-17-16-19-15-14-18-8-2-3-9-20(18)26(19)25(17)27-23-12-6-4-10-21(23)22-11-5-7-13-24(22)27/h2-15,17H,16H2,1H3/t17-/m0/s1. The van der Waals surface area contributed by atoms with E-state index in [2.05, 4.69) is 91.9 Å². The molecule has 0 saturated heterocycles. The van der Waals surface area contributed by atoms with Gasteiger partial charge in [-0.15, -0.1) is 0 Å². The van der Waals surface area contributed by atoms with Crippen LogP contribution in [0.3, 0.4) is 0 Å². The van der Waals surface area contributed by atoms with E-state index in [0.717, 1.165) is 6.42 Å². The van der Waals surface area contributed by atoms with E-state index >= 15 is 0 Å². The van der Waals surface area contributed by atoms with Gasteiger partial charge in [-0.1, -0.05) is 91.9 Å². The first-order valence-corrected chi connectivity index (χ1v) is 9.77. The minimum absolute atomic E-state index is 0.528. The molecule has 6 rings (SSSR count). The molecular weight excluding hydrogens is 324 g/mol. The first-order chi connectivity index (χ1) is 13.3. The third kappa shape index (κ3) is 1.99. The van der Waals surface area contributed by atoms with E-state index in [4.69, 9.17) is 0 Å². The second kappa shape index (κ2) is 5.44. The Hall–Kier alpha value is -3.12. The second-order valence-electron chi connectivity index (χ2n) is 7.81. The van der Waals surface area contributed by atoms with Crippen LogP contribution < -0.4 is 0 Å². The summed E-state index contributed by atoms with van der Waals surface area (Å²) in [7, 11) is 0. The maximum Gasteiger partial charge on any atom is -0.00577 e. The first kappa shape index (κ1) is 15.0. The van der Waals surface area contributed by atoms with Gasteiger partial charge in [0.25, 0.3) is 0 Å². The van der Waals surface area contributed by atoms with Crippen LogP contribution in [0.5, 0.6) is 0 Å². The summed E-state index contributed by atoms with van der Waals surface area (Å²) in [4.78, 5) is 0. The Morgan fingerprint density at radius 3 is 1.93 bits per heavy atom. The van der Waals surface area contributed by atoms with Gasteiger partial charge in [0.2, 0.25) is 0 Å². The van der Waals surface area contributed by atoms with Crippen LogP contribution in [0.1, 0.15) is 29.2 Å². The lowest BCUT2D eigenvalue weighted by Gasteiger charge is -2.15. The third-order valence-corrected chi connectivity index (χ3v) is 6.26. The lowest BCUT2D eigenvalue weighted by molar-refractivity contribution is 0.782. The topological polar surface area (TPSA) is 0 Å². The molecule has 0 heterocycles. The van der Waals surface area contributed by atoms with Crippen molar-refractivity contribution in [1.82, 2.24) is 0 Å². The van der Waals surface area contributed by atoms with Crippen LogP contribution in [-0.2, 0) is 6.42 Å². The summed E-state index contributed by atoms with van der Waals surface area (Å²) in [6.07, 6.45) is 1.13. The fourth-order valence-electron chi connectivity index (χ4n) is 5.16. The molecule has 1 atom stereocenters. The van der Waals surface area contributed by atoms with Crippen molar-refractivity contribution < 1.29 is 0 Å². The molecular formula is C27H20. The fourth-order valence-corrected chi connectivity index (χ4v) is 5.16. The Morgan fingerprint density at radius 2 is 1.22 bits per heavy atom. The number of hydrogen-bond donors (Lipinski definition) is 0. The van der Waals surface area contributed by atoms with Crippen LogP contribution in [-0.4, -0.2) is 0 Å². The van der Waals surface area contributed by atoms with Crippen molar-refractivity contribution in [2.24, 2.45) is 5.92 Å². The highest BCUT2D eigenvalue weighted by Crippen LogP contribution is 2.52. The van der Waals surface area contributed by atoms with Gasteiger partial charge in [-0.2, -0.15) is 0 Å². The van der Waals surface area contributed by atoms with Crippen molar-refractivity contribution in [3.63, 3.8) is 0 Å². The van der Waals surface area contributed by atoms with E-state index in [0.29, 0.717) is 5.92 Å².